The number of benzene rings is 1. The molecule has 2 amide bonds. The van der Waals surface area contributed by atoms with Crippen molar-refractivity contribution >= 4 is 17.8 Å². The Morgan fingerprint density at radius 2 is 1.96 bits per heavy atom. The number of hydrogen-bond acceptors (Lipinski definition) is 5. The van der Waals surface area contributed by atoms with Crippen LogP contribution in [0.1, 0.15) is 46.1 Å². The normalized spacial score (nSPS) is 14.8. The molecule has 8 heteroatoms. The van der Waals surface area contributed by atoms with Gasteiger partial charge in [0.15, 0.2) is 5.82 Å². The molecule has 2 heterocycles. The van der Waals surface area contributed by atoms with Gasteiger partial charge in [-0.2, -0.15) is 10.1 Å². The van der Waals surface area contributed by atoms with Crippen LogP contribution in [-0.2, 0) is 11.8 Å². The van der Waals surface area contributed by atoms with Gasteiger partial charge in [-0.1, -0.05) is 6.07 Å². The third-order valence-electron chi connectivity index (χ3n) is 4.91. The Bertz CT molecular complexity index is 839. The first-order valence-electron chi connectivity index (χ1n) is 9.21. The Labute approximate surface area is 158 Å². The minimum Gasteiger partial charge on any atom is -0.343 e. The second-order valence-corrected chi connectivity index (χ2v) is 6.97. The zero-order chi connectivity index (χ0) is 19.4. The van der Waals surface area contributed by atoms with Gasteiger partial charge in [0.25, 0.3) is 5.91 Å². The lowest BCUT2D eigenvalue weighted by molar-refractivity contribution is -0.115. The molecule has 8 nitrogen and oxygen atoms in total. The highest BCUT2D eigenvalue weighted by Crippen LogP contribution is 2.23. The third-order valence-corrected chi connectivity index (χ3v) is 4.91. The predicted octanol–water partition coefficient (Wildman–Crippen LogP) is 1.27. The SMILES string of the molecule is Cc1ccc(C(=O)NCC(=O)Nc2nc(C3CCNCC3)nn2C)cc1C. The summed E-state index contributed by atoms with van der Waals surface area (Å²) < 4.78 is 1.57. The van der Waals surface area contributed by atoms with E-state index in [0.717, 1.165) is 42.9 Å². The molecule has 3 N–H and O–H groups in total. The molecule has 3 rings (SSSR count). The lowest BCUT2D eigenvalue weighted by Crippen LogP contribution is -2.33. The molecule has 0 atom stereocenters. The maximum absolute atomic E-state index is 12.2. The summed E-state index contributed by atoms with van der Waals surface area (Å²) in [5.41, 5.74) is 2.70. The van der Waals surface area contributed by atoms with E-state index in [-0.39, 0.29) is 18.4 Å². The summed E-state index contributed by atoms with van der Waals surface area (Å²) in [7, 11) is 1.75. The first-order chi connectivity index (χ1) is 12.9. The van der Waals surface area contributed by atoms with Gasteiger partial charge < -0.3 is 10.6 Å². The van der Waals surface area contributed by atoms with Crippen molar-refractivity contribution in [3.05, 3.63) is 40.7 Å². The average Bonchev–Trinajstić information content (AvgIpc) is 3.03. The number of piperidine rings is 1. The van der Waals surface area contributed by atoms with Gasteiger partial charge in [0.2, 0.25) is 11.9 Å². The van der Waals surface area contributed by atoms with Crippen LogP contribution in [-0.4, -0.2) is 46.2 Å². The fourth-order valence-electron chi connectivity index (χ4n) is 3.08. The van der Waals surface area contributed by atoms with E-state index in [4.69, 9.17) is 0 Å². The number of amides is 2. The molecular formula is C19H26N6O2. The Balaban J connectivity index is 1.55. The Morgan fingerprint density at radius 3 is 2.67 bits per heavy atom. The van der Waals surface area contributed by atoms with Gasteiger partial charge in [-0.3, -0.25) is 14.9 Å². The van der Waals surface area contributed by atoms with Crippen molar-refractivity contribution < 1.29 is 9.59 Å². The van der Waals surface area contributed by atoms with Crippen LogP contribution in [0.5, 0.6) is 0 Å². The van der Waals surface area contributed by atoms with Crippen molar-refractivity contribution in [1.29, 1.82) is 0 Å². The summed E-state index contributed by atoms with van der Waals surface area (Å²) in [5.74, 6) is 0.858. The maximum Gasteiger partial charge on any atom is 0.251 e. The number of anilines is 1. The number of nitrogens with one attached hydrogen (secondary N) is 3. The monoisotopic (exact) mass is 370 g/mol. The van der Waals surface area contributed by atoms with Gasteiger partial charge in [0, 0.05) is 18.5 Å². The third kappa shape index (κ3) is 4.71. The molecule has 0 aliphatic carbocycles. The average molecular weight is 370 g/mol. The van der Waals surface area contributed by atoms with E-state index < -0.39 is 0 Å². The molecule has 1 saturated heterocycles. The lowest BCUT2D eigenvalue weighted by Gasteiger charge is -2.19. The highest BCUT2D eigenvalue weighted by atomic mass is 16.2. The highest BCUT2D eigenvalue weighted by molar-refractivity contribution is 5.99. The van der Waals surface area contributed by atoms with Gasteiger partial charge in [0.05, 0.1) is 6.54 Å². The van der Waals surface area contributed by atoms with Crippen LogP contribution in [0.15, 0.2) is 18.2 Å². The van der Waals surface area contributed by atoms with Crippen LogP contribution in [0.4, 0.5) is 5.95 Å². The summed E-state index contributed by atoms with van der Waals surface area (Å²) in [6, 6.07) is 5.46. The number of nitrogens with zero attached hydrogens (tertiary/aromatic N) is 3. The number of aryl methyl sites for hydroxylation is 3. The van der Waals surface area contributed by atoms with E-state index >= 15 is 0 Å². The molecular weight excluding hydrogens is 344 g/mol. The minimum atomic E-state index is -0.334. The second-order valence-electron chi connectivity index (χ2n) is 6.97. The fraction of sp³-hybridized carbons (Fsp3) is 0.474. The van der Waals surface area contributed by atoms with Gasteiger partial charge in [-0.05, 0) is 63.0 Å². The zero-order valence-corrected chi connectivity index (χ0v) is 16.0. The standard InChI is InChI=1S/C19H26N6O2/c1-12-4-5-15(10-13(12)2)18(27)21-11-16(26)22-19-23-17(24-25(19)3)14-6-8-20-9-7-14/h4-5,10,14,20H,6-9,11H2,1-3H3,(H,21,27)(H,22,23,24,26). The summed E-state index contributed by atoms with van der Waals surface area (Å²) in [5, 5.41) is 13.1. The van der Waals surface area contributed by atoms with Crippen LogP contribution in [0.2, 0.25) is 0 Å². The van der Waals surface area contributed by atoms with Crippen molar-refractivity contribution in [2.24, 2.45) is 7.05 Å². The summed E-state index contributed by atoms with van der Waals surface area (Å²) >= 11 is 0. The molecule has 27 heavy (non-hydrogen) atoms. The topological polar surface area (TPSA) is 101 Å². The van der Waals surface area contributed by atoms with Crippen molar-refractivity contribution in [3.8, 4) is 0 Å². The van der Waals surface area contributed by atoms with E-state index in [0.29, 0.717) is 17.4 Å². The summed E-state index contributed by atoms with van der Waals surface area (Å²) in [6.45, 7) is 5.72. The largest absolute Gasteiger partial charge is 0.343 e. The molecule has 1 aromatic heterocycles. The number of rotatable bonds is 5. The van der Waals surface area contributed by atoms with Crippen LogP contribution >= 0.6 is 0 Å². The predicted molar refractivity (Wildman–Crippen MR) is 103 cm³/mol. The molecule has 0 saturated carbocycles. The summed E-state index contributed by atoms with van der Waals surface area (Å²) in [4.78, 5) is 28.9. The van der Waals surface area contributed by atoms with Crippen LogP contribution < -0.4 is 16.0 Å². The van der Waals surface area contributed by atoms with Gasteiger partial charge in [-0.25, -0.2) is 4.68 Å². The minimum absolute atomic E-state index is 0.124. The molecule has 144 valence electrons. The maximum atomic E-state index is 12.2. The van der Waals surface area contributed by atoms with E-state index in [1.807, 2.05) is 26.0 Å². The molecule has 0 radical (unpaired) electrons. The Hall–Kier alpha value is -2.74. The van der Waals surface area contributed by atoms with E-state index in [9.17, 15) is 9.59 Å². The molecule has 1 aliphatic rings. The molecule has 0 unspecified atom stereocenters. The van der Waals surface area contributed by atoms with Crippen molar-refractivity contribution in [1.82, 2.24) is 25.4 Å². The molecule has 0 spiro atoms. The van der Waals surface area contributed by atoms with Gasteiger partial charge in [-0.15, -0.1) is 0 Å². The summed E-state index contributed by atoms with van der Waals surface area (Å²) in [6.07, 6.45) is 1.98. The zero-order valence-electron chi connectivity index (χ0n) is 16.0. The molecule has 1 aliphatic heterocycles. The van der Waals surface area contributed by atoms with Crippen molar-refractivity contribution in [3.63, 3.8) is 0 Å². The molecule has 0 bridgehead atoms. The van der Waals surface area contributed by atoms with Crippen molar-refractivity contribution in [2.45, 2.75) is 32.6 Å². The Morgan fingerprint density at radius 1 is 1.22 bits per heavy atom. The second kappa shape index (κ2) is 8.30. The van der Waals surface area contributed by atoms with E-state index in [1.54, 1.807) is 17.8 Å². The van der Waals surface area contributed by atoms with Gasteiger partial charge >= 0.3 is 0 Å². The van der Waals surface area contributed by atoms with Crippen LogP contribution in [0.3, 0.4) is 0 Å². The van der Waals surface area contributed by atoms with E-state index in [1.165, 1.54) is 0 Å². The van der Waals surface area contributed by atoms with Gasteiger partial charge in [0.1, 0.15) is 0 Å². The highest BCUT2D eigenvalue weighted by Gasteiger charge is 2.21. The molecule has 1 aromatic carbocycles. The smallest absolute Gasteiger partial charge is 0.251 e. The van der Waals surface area contributed by atoms with Crippen LogP contribution in [0, 0.1) is 13.8 Å². The fourth-order valence-corrected chi connectivity index (χ4v) is 3.08. The van der Waals surface area contributed by atoms with Crippen LogP contribution in [0.25, 0.3) is 0 Å². The molecule has 2 aromatic rings. The van der Waals surface area contributed by atoms with E-state index in [2.05, 4.69) is 26.0 Å². The molecule has 1 fully saturated rings. The van der Waals surface area contributed by atoms with Crippen molar-refractivity contribution in [2.75, 3.05) is 25.0 Å². The number of hydrogen-bond donors (Lipinski definition) is 3. The number of carbonyl (C=O) groups is 2. The first kappa shape index (κ1) is 19.0. The lowest BCUT2D eigenvalue weighted by atomic mass is 9.98. The Kier molecular flexibility index (Phi) is 5.85. The number of aromatic nitrogens is 3. The first-order valence-corrected chi connectivity index (χ1v) is 9.21. The quantitative estimate of drug-likeness (QED) is 0.736. The number of carbonyl (C=O) groups excluding carboxylic acids is 2.